The zero-order valence-corrected chi connectivity index (χ0v) is 14.3. The number of allylic oxidation sites excluding steroid dienone is 2. The highest BCUT2D eigenvalue weighted by Crippen LogP contribution is 2.30. The average Bonchev–Trinajstić information content (AvgIpc) is 2.29. The van der Waals surface area contributed by atoms with Crippen LogP contribution in [-0.2, 0) is 0 Å². The lowest BCUT2D eigenvalue weighted by Crippen LogP contribution is -2.20. The van der Waals surface area contributed by atoms with Gasteiger partial charge >= 0.3 is 0 Å². The van der Waals surface area contributed by atoms with Crippen molar-refractivity contribution in [1.29, 1.82) is 0 Å². The largest absolute Gasteiger partial charge is 0.388 e. The Morgan fingerprint density at radius 1 is 1.21 bits per heavy atom. The van der Waals surface area contributed by atoms with Gasteiger partial charge in [0.25, 0.3) is 0 Å². The molecule has 1 N–H and O–H groups in total. The first kappa shape index (κ1) is 18.3. The monoisotopic (exact) mass is 265 g/mol. The number of hydrogen-bond acceptors (Lipinski definition) is 1. The van der Waals surface area contributed by atoms with Crippen LogP contribution in [0, 0.1) is 17.3 Å². The van der Waals surface area contributed by atoms with Crippen LogP contribution in [0.3, 0.4) is 0 Å². The fourth-order valence-electron chi connectivity index (χ4n) is 2.21. The molecule has 0 amide bonds. The third kappa shape index (κ3) is 8.13. The van der Waals surface area contributed by atoms with Crippen molar-refractivity contribution in [2.24, 2.45) is 17.3 Å². The summed E-state index contributed by atoms with van der Waals surface area (Å²) in [4.78, 5) is 0. The van der Waals surface area contributed by atoms with E-state index in [1.165, 1.54) is 12.1 Å². The van der Waals surface area contributed by atoms with Gasteiger partial charge in [0.05, 0.1) is 0 Å². The molecule has 0 aliphatic rings. The van der Waals surface area contributed by atoms with Gasteiger partial charge < -0.3 is 5.32 Å². The van der Waals surface area contributed by atoms with Crippen LogP contribution < -0.4 is 5.32 Å². The van der Waals surface area contributed by atoms with Crippen LogP contribution in [0.25, 0.3) is 0 Å². The van der Waals surface area contributed by atoms with Gasteiger partial charge in [0.1, 0.15) is 0 Å². The van der Waals surface area contributed by atoms with Gasteiger partial charge in [-0.25, -0.2) is 0 Å². The van der Waals surface area contributed by atoms with Crippen LogP contribution >= 0.6 is 0 Å². The van der Waals surface area contributed by atoms with E-state index < -0.39 is 0 Å². The lowest BCUT2D eigenvalue weighted by atomic mass is 9.82. The molecule has 0 bridgehead atoms. The van der Waals surface area contributed by atoms with Crippen LogP contribution in [0.2, 0.25) is 0 Å². The number of hydrogen-bond donors (Lipinski definition) is 1. The first-order valence-electron chi connectivity index (χ1n) is 7.84. The quantitative estimate of drug-likeness (QED) is 0.568. The van der Waals surface area contributed by atoms with Crippen molar-refractivity contribution in [1.82, 2.24) is 5.32 Å². The van der Waals surface area contributed by atoms with E-state index in [9.17, 15) is 0 Å². The van der Waals surface area contributed by atoms with Crippen LogP contribution in [0.15, 0.2) is 23.9 Å². The Hall–Kier alpha value is -0.720. The lowest BCUT2D eigenvalue weighted by molar-refractivity contribution is 0.392. The molecule has 0 aromatic rings. The predicted molar refractivity (Wildman–Crippen MR) is 88.2 cm³/mol. The van der Waals surface area contributed by atoms with E-state index in [4.69, 9.17) is 0 Å². The van der Waals surface area contributed by atoms with Crippen molar-refractivity contribution in [3.63, 3.8) is 0 Å². The van der Waals surface area contributed by atoms with Crippen molar-refractivity contribution in [2.75, 3.05) is 6.54 Å². The molecule has 0 saturated heterocycles. The van der Waals surface area contributed by atoms with Crippen LogP contribution in [0.4, 0.5) is 0 Å². The highest BCUT2D eigenvalue weighted by atomic mass is 14.9. The van der Waals surface area contributed by atoms with Crippen LogP contribution in [0.5, 0.6) is 0 Å². The van der Waals surface area contributed by atoms with Gasteiger partial charge in [-0.15, -0.1) is 0 Å². The molecule has 0 aliphatic heterocycles. The molecule has 0 fully saturated rings. The smallest absolute Gasteiger partial charge is 0.0160 e. The molecule has 1 unspecified atom stereocenters. The van der Waals surface area contributed by atoms with Gasteiger partial charge in [-0.05, 0) is 30.6 Å². The molecule has 0 aromatic heterocycles. The van der Waals surface area contributed by atoms with Crippen molar-refractivity contribution in [3.8, 4) is 0 Å². The van der Waals surface area contributed by atoms with E-state index in [-0.39, 0.29) is 0 Å². The van der Waals surface area contributed by atoms with E-state index >= 15 is 0 Å². The molecule has 112 valence electrons. The van der Waals surface area contributed by atoms with Gasteiger partial charge in [-0.2, -0.15) is 0 Å². The van der Waals surface area contributed by atoms with Crippen molar-refractivity contribution in [2.45, 2.75) is 67.7 Å². The minimum atomic E-state index is 0.354. The van der Waals surface area contributed by atoms with Crippen LogP contribution in [0.1, 0.15) is 67.7 Å². The van der Waals surface area contributed by atoms with E-state index in [1.54, 1.807) is 5.57 Å². The van der Waals surface area contributed by atoms with Gasteiger partial charge in [0, 0.05) is 18.2 Å². The first-order chi connectivity index (χ1) is 8.71. The summed E-state index contributed by atoms with van der Waals surface area (Å²) >= 11 is 0. The average molecular weight is 265 g/mol. The summed E-state index contributed by atoms with van der Waals surface area (Å²) in [5.41, 5.74) is 3.10. The Balaban J connectivity index is 4.90. The predicted octanol–water partition coefficient (Wildman–Crippen LogP) is 5.54. The van der Waals surface area contributed by atoms with Gasteiger partial charge in [-0.1, -0.05) is 66.7 Å². The fourth-order valence-corrected chi connectivity index (χ4v) is 2.21. The Morgan fingerprint density at radius 2 is 1.79 bits per heavy atom. The molecule has 1 heteroatoms. The molecule has 0 heterocycles. The molecule has 19 heavy (non-hydrogen) atoms. The second-order valence-corrected chi connectivity index (χ2v) is 7.10. The first-order valence-corrected chi connectivity index (χ1v) is 7.84. The molecule has 0 radical (unpaired) electrons. The summed E-state index contributed by atoms with van der Waals surface area (Å²) in [6, 6.07) is 0. The highest BCUT2D eigenvalue weighted by molar-refractivity contribution is 5.16. The van der Waals surface area contributed by atoms with E-state index in [0.717, 1.165) is 19.4 Å². The zero-order chi connectivity index (χ0) is 15.1. The van der Waals surface area contributed by atoms with E-state index in [2.05, 4.69) is 66.4 Å². The second-order valence-electron chi connectivity index (χ2n) is 7.10. The molecular formula is C18H35N. The summed E-state index contributed by atoms with van der Waals surface area (Å²) in [6.45, 7) is 21.2. The van der Waals surface area contributed by atoms with Crippen molar-refractivity contribution >= 4 is 0 Å². The van der Waals surface area contributed by atoms with E-state index in [1.807, 2.05) is 0 Å². The number of nitrogens with one attached hydrogen (secondary N) is 1. The summed E-state index contributed by atoms with van der Waals surface area (Å²) < 4.78 is 0. The minimum Gasteiger partial charge on any atom is -0.388 e. The van der Waals surface area contributed by atoms with Crippen LogP contribution in [-0.4, -0.2) is 6.54 Å². The van der Waals surface area contributed by atoms with Gasteiger partial charge in [0.15, 0.2) is 0 Å². The Kier molecular flexibility index (Phi) is 8.13. The summed E-state index contributed by atoms with van der Waals surface area (Å²) in [6.07, 6.45) is 5.90. The SMILES string of the molecule is C=C(NCCC)C(/C=C(\CC(C)(C)C)C(C)C)CC. The molecule has 0 rings (SSSR count). The molecule has 1 nitrogen and oxygen atoms in total. The molecule has 0 spiro atoms. The standard InChI is InChI=1S/C18H35N/c1-9-11-19-15(5)16(10-2)12-17(14(3)4)13-18(6,7)8/h12,14,16,19H,5,9-11,13H2,1-4,6-8H3/b17-12+. The lowest BCUT2D eigenvalue weighted by Gasteiger charge is -2.25. The summed E-state index contributed by atoms with van der Waals surface area (Å²) in [5.74, 6) is 1.08. The highest BCUT2D eigenvalue weighted by Gasteiger charge is 2.17. The second kappa shape index (κ2) is 8.45. The topological polar surface area (TPSA) is 12.0 Å². The molecule has 0 aliphatic carbocycles. The maximum Gasteiger partial charge on any atom is 0.0160 e. The van der Waals surface area contributed by atoms with Gasteiger partial charge in [0.2, 0.25) is 0 Å². The summed E-state index contributed by atoms with van der Waals surface area (Å²) in [5, 5.41) is 3.45. The molecule has 1 atom stereocenters. The molecular weight excluding hydrogens is 230 g/mol. The minimum absolute atomic E-state index is 0.354. The Bertz CT molecular complexity index is 291. The van der Waals surface area contributed by atoms with Crippen molar-refractivity contribution < 1.29 is 0 Å². The van der Waals surface area contributed by atoms with Crippen molar-refractivity contribution in [3.05, 3.63) is 23.9 Å². The van der Waals surface area contributed by atoms with E-state index in [0.29, 0.717) is 17.3 Å². The summed E-state index contributed by atoms with van der Waals surface area (Å²) in [7, 11) is 0. The normalized spacial score (nSPS) is 14.6. The Labute approximate surface area is 121 Å². The zero-order valence-electron chi connectivity index (χ0n) is 14.3. The molecule has 0 aromatic carbocycles. The Morgan fingerprint density at radius 3 is 2.16 bits per heavy atom. The molecule has 0 saturated carbocycles. The maximum absolute atomic E-state index is 4.22. The van der Waals surface area contributed by atoms with Gasteiger partial charge in [-0.3, -0.25) is 0 Å². The third-order valence-corrected chi connectivity index (χ3v) is 3.38. The number of rotatable bonds is 8. The maximum atomic E-state index is 4.22. The fraction of sp³-hybridized carbons (Fsp3) is 0.778. The third-order valence-electron chi connectivity index (χ3n) is 3.38.